The number of rotatable bonds is 6. The van der Waals surface area contributed by atoms with Crippen LogP contribution >= 0.6 is 11.8 Å². The number of amides is 2. The van der Waals surface area contributed by atoms with E-state index in [4.69, 9.17) is 4.42 Å². The molecule has 0 saturated carbocycles. The van der Waals surface area contributed by atoms with Crippen LogP contribution in [0.25, 0.3) is 0 Å². The molecule has 2 aromatic rings. The number of carbonyl (C=O) groups excluding carboxylic acids is 2. The number of hydrogen-bond donors (Lipinski definition) is 2. The summed E-state index contributed by atoms with van der Waals surface area (Å²) in [6.07, 6.45) is 1.50. The minimum atomic E-state index is -3.67. The van der Waals surface area contributed by atoms with Crippen molar-refractivity contribution in [3.8, 4) is 0 Å². The molecule has 2 N–H and O–H groups in total. The summed E-state index contributed by atoms with van der Waals surface area (Å²) in [4.78, 5) is 24.5. The fourth-order valence-corrected chi connectivity index (χ4v) is 4.88. The van der Waals surface area contributed by atoms with Crippen molar-refractivity contribution in [1.29, 1.82) is 0 Å². The molecule has 1 unspecified atom stereocenters. The Balaban J connectivity index is 1.67. The van der Waals surface area contributed by atoms with Crippen LogP contribution in [0.4, 0.5) is 5.69 Å². The van der Waals surface area contributed by atoms with Gasteiger partial charge in [-0.15, -0.1) is 11.8 Å². The molecule has 1 aromatic carbocycles. The van der Waals surface area contributed by atoms with Gasteiger partial charge < -0.3 is 15.1 Å². The van der Waals surface area contributed by atoms with Crippen LogP contribution in [0.3, 0.4) is 0 Å². The van der Waals surface area contributed by atoms with Crippen LogP contribution in [0.2, 0.25) is 0 Å². The molecule has 1 aromatic heterocycles. The van der Waals surface area contributed by atoms with Gasteiger partial charge in [-0.3, -0.25) is 9.59 Å². The Morgan fingerprint density at radius 1 is 1.38 bits per heavy atom. The van der Waals surface area contributed by atoms with Gasteiger partial charge in [-0.05, 0) is 30.3 Å². The van der Waals surface area contributed by atoms with E-state index in [0.29, 0.717) is 17.2 Å². The molecule has 3 rings (SSSR count). The summed E-state index contributed by atoms with van der Waals surface area (Å²) in [7, 11) is -3.67. The van der Waals surface area contributed by atoms with Gasteiger partial charge in [0.2, 0.25) is 11.8 Å². The second-order valence-corrected chi connectivity index (χ2v) is 9.03. The largest absolute Gasteiger partial charge is 0.467 e. The van der Waals surface area contributed by atoms with Crippen molar-refractivity contribution >= 4 is 39.1 Å². The molecule has 9 heteroatoms. The summed E-state index contributed by atoms with van der Waals surface area (Å²) < 4.78 is 30.4. The van der Waals surface area contributed by atoms with Gasteiger partial charge in [0.1, 0.15) is 5.76 Å². The molecule has 1 aliphatic heterocycles. The Morgan fingerprint density at radius 3 is 2.92 bits per heavy atom. The predicted octanol–water partition coefficient (Wildman–Crippen LogP) is 2.05. The molecule has 2 heterocycles. The topological polar surface area (TPSA) is 105 Å². The zero-order valence-electron chi connectivity index (χ0n) is 14.0. The molecule has 2 amide bonds. The zero-order valence-corrected chi connectivity index (χ0v) is 15.7. The lowest BCUT2D eigenvalue weighted by Gasteiger charge is -2.18. The molecule has 26 heavy (non-hydrogen) atoms. The third-order valence-corrected chi connectivity index (χ3v) is 6.86. The Bertz CT molecular complexity index is 923. The van der Waals surface area contributed by atoms with Crippen molar-refractivity contribution in [2.45, 2.75) is 23.3 Å². The highest BCUT2D eigenvalue weighted by atomic mass is 32.2. The molecular weight excluding hydrogens is 376 g/mol. The smallest absolute Gasteiger partial charge is 0.234 e. The molecular formula is C17H18N2O5S2. The van der Waals surface area contributed by atoms with Gasteiger partial charge in [0.15, 0.2) is 9.84 Å². The van der Waals surface area contributed by atoms with Crippen LogP contribution in [0.1, 0.15) is 12.7 Å². The molecule has 0 aliphatic carbocycles. The molecule has 0 saturated heterocycles. The number of sulfone groups is 1. The number of fused-ring (bicyclic) bond motifs is 1. The maximum absolute atomic E-state index is 12.6. The Morgan fingerprint density at radius 2 is 2.19 bits per heavy atom. The van der Waals surface area contributed by atoms with Gasteiger partial charge in [0.25, 0.3) is 0 Å². The number of thioether (sulfide) groups is 1. The Labute approximate surface area is 155 Å². The van der Waals surface area contributed by atoms with Crippen LogP contribution < -0.4 is 10.6 Å². The van der Waals surface area contributed by atoms with Crippen LogP contribution in [-0.4, -0.2) is 31.7 Å². The van der Waals surface area contributed by atoms with Gasteiger partial charge in [0.05, 0.1) is 34.9 Å². The van der Waals surface area contributed by atoms with Crippen molar-refractivity contribution in [2.75, 3.05) is 16.8 Å². The standard InChI is InChI=1S/C17H18N2O5S2/c1-11(17(21)18-8-12-3-2-6-24-12)10-26(22,23)13-4-5-15-14(7-13)19-16(20)9-25-15/h2-7,11H,8-10H2,1H3,(H,18,21)(H,19,20). The lowest BCUT2D eigenvalue weighted by molar-refractivity contribution is -0.124. The SMILES string of the molecule is CC(CS(=O)(=O)c1ccc2c(c1)NC(=O)CS2)C(=O)NCc1ccco1. The Hall–Kier alpha value is -2.26. The van der Waals surface area contributed by atoms with Crippen LogP contribution in [0.15, 0.2) is 50.8 Å². The number of anilines is 1. The summed E-state index contributed by atoms with van der Waals surface area (Å²) >= 11 is 1.36. The summed E-state index contributed by atoms with van der Waals surface area (Å²) in [5.41, 5.74) is 0.488. The third-order valence-electron chi connectivity index (χ3n) is 3.88. The third kappa shape index (κ3) is 4.28. The fraction of sp³-hybridized carbons (Fsp3) is 0.294. The maximum atomic E-state index is 12.6. The highest BCUT2D eigenvalue weighted by molar-refractivity contribution is 8.00. The number of carbonyl (C=O) groups is 2. The van der Waals surface area contributed by atoms with Crippen molar-refractivity contribution in [1.82, 2.24) is 5.32 Å². The molecule has 0 radical (unpaired) electrons. The highest BCUT2D eigenvalue weighted by Crippen LogP contribution is 2.33. The van der Waals surface area contributed by atoms with E-state index in [9.17, 15) is 18.0 Å². The molecule has 138 valence electrons. The van der Waals surface area contributed by atoms with Crippen LogP contribution in [0, 0.1) is 5.92 Å². The lowest BCUT2D eigenvalue weighted by Crippen LogP contribution is -2.32. The summed E-state index contributed by atoms with van der Waals surface area (Å²) in [5.74, 6) is -0.677. The van der Waals surface area contributed by atoms with E-state index < -0.39 is 15.8 Å². The number of furan rings is 1. The lowest BCUT2D eigenvalue weighted by atomic mass is 10.2. The first-order valence-electron chi connectivity index (χ1n) is 7.95. The summed E-state index contributed by atoms with van der Waals surface area (Å²) in [6, 6.07) is 8.06. The van der Waals surface area contributed by atoms with E-state index >= 15 is 0 Å². The average molecular weight is 394 g/mol. The van der Waals surface area contributed by atoms with E-state index in [1.807, 2.05) is 0 Å². The Kier molecular flexibility index (Phi) is 5.38. The quantitative estimate of drug-likeness (QED) is 0.777. The van der Waals surface area contributed by atoms with Crippen LogP contribution in [-0.2, 0) is 26.0 Å². The van der Waals surface area contributed by atoms with Crippen LogP contribution in [0.5, 0.6) is 0 Å². The van der Waals surface area contributed by atoms with E-state index in [0.717, 1.165) is 4.90 Å². The van der Waals surface area contributed by atoms with Gasteiger partial charge >= 0.3 is 0 Å². The summed E-state index contributed by atoms with van der Waals surface area (Å²) in [5, 5.41) is 5.33. The second kappa shape index (κ2) is 7.55. The first kappa shape index (κ1) is 18.5. The molecule has 0 bridgehead atoms. The number of nitrogens with one attached hydrogen (secondary N) is 2. The minimum absolute atomic E-state index is 0.0877. The average Bonchev–Trinajstić information content (AvgIpc) is 3.12. The van der Waals surface area contributed by atoms with E-state index in [2.05, 4.69) is 10.6 Å². The fourth-order valence-electron chi connectivity index (χ4n) is 2.52. The first-order valence-corrected chi connectivity index (χ1v) is 10.6. The van der Waals surface area contributed by atoms with Crippen molar-refractivity contribution in [3.05, 3.63) is 42.4 Å². The second-order valence-electron chi connectivity index (χ2n) is 5.97. The van der Waals surface area contributed by atoms with E-state index in [1.165, 1.54) is 30.2 Å². The molecule has 7 nitrogen and oxygen atoms in total. The van der Waals surface area contributed by atoms with Gasteiger partial charge in [-0.25, -0.2) is 8.42 Å². The van der Waals surface area contributed by atoms with E-state index in [-0.39, 0.29) is 29.0 Å². The first-order chi connectivity index (χ1) is 12.3. The van der Waals surface area contributed by atoms with Gasteiger partial charge in [0, 0.05) is 10.8 Å². The molecule has 0 fully saturated rings. The number of benzene rings is 1. The van der Waals surface area contributed by atoms with Crippen molar-refractivity contribution in [2.24, 2.45) is 5.92 Å². The van der Waals surface area contributed by atoms with Gasteiger partial charge in [-0.2, -0.15) is 0 Å². The maximum Gasteiger partial charge on any atom is 0.234 e. The molecule has 1 atom stereocenters. The molecule has 1 aliphatic rings. The minimum Gasteiger partial charge on any atom is -0.467 e. The monoisotopic (exact) mass is 394 g/mol. The van der Waals surface area contributed by atoms with Gasteiger partial charge in [-0.1, -0.05) is 6.92 Å². The summed E-state index contributed by atoms with van der Waals surface area (Å²) in [6.45, 7) is 1.77. The van der Waals surface area contributed by atoms with Crippen molar-refractivity contribution in [3.63, 3.8) is 0 Å². The van der Waals surface area contributed by atoms with Crippen molar-refractivity contribution < 1.29 is 22.4 Å². The highest BCUT2D eigenvalue weighted by Gasteiger charge is 2.25. The number of hydrogen-bond acceptors (Lipinski definition) is 6. The normalized spacial score (nSPS) is 15.0. The van der Waals surface area contributed by atoms with E-state index in [1.54, 1.807) is 25.1 Å². The molecule has 0 spiro atoms. The zero-order chi connectivity index (χ0) is 18.7. The predicted molar refractivity (Wildman–Crippen MR) is 97.6 cm³/mol.